The van der Waals surface area contributed by atoms with Gasteiger partial charge >= 0.3 is 11.9 Å². The Labute approximate surface area is 203 Å². The summed E-state index contributed by atoms with van der Waals surface area (Å²) in [6.45, 7) is 1.76. The third kappa shape index (κ3) is 6.37. The van der Waals surface area contributed by atoms with Gasteiger partial charge in [-0.15, -0.1) is 11.8 Å². The summed E-state index contributed by atoms with van der Waals surface area (Å²) in [4.78, 5) is 48.3. The molecule has 2 amide bonds. The molecule has 34 heavy (non-hydrogen) atoms. The number of amides is 2. The summed E-state index contributed by atoms with van der Waals surface area (Å²) in [6.07, 6.45) is 0. The molecule has 3 aromatic carbocycles. The second-order valence-electron chi connectivity index (χ2n) is 7.11. The average Bonchev–Trinajstić information content (AvgIpc) is 2.81. The normalized spacial score (nSPS) is 11.4. The van der Waals surface area contributed by atoms with Crippen LogP contribution >= 0.6 is 23.4 Å². The minimum atomic E-state index is -1.41. The number of thioether (sulfide) groups is 1. The number of rotatable bonds is 8. The first-order chi connectivity index (χ1) is 16.1. The number of halogens is 1. The van der Waals surface area contributed by atoms with E-state index in [2.05, 4.69) is 10.6 Å². The molecule has 8 nitrogen and oxygen atoms in total. The Morgan fingerprint density at radius 3 is 1.97 bits per heavy atom. The molecule has 3 rings (SSSR count). The third-order valence-corrected chi connectivity index (χ3v) is 6.01. The standard InChI is InChI=1S/C24H19ClN2O6S/c1-13(21(28)26-16-5-3-15(25)4-6-16)34-18-9-7-17(8-10-18)27-22(29)19-11-2-14(23(30)31)12-20(19)24(32)33/h2-13H,1H3,(H,26,28)(H,27,29)(H,30,31)(H,32,33). The van der Waals surface area contributed by atoms with Crippen molar-refractivity contribution in [2.24, 2.45) is 0 Å². The molecule has 0 aromatic heterocycles. The average molecular weight is 499 g/mol. The Morgan fingerprint density at radius 1 is 0.794 bits per heavy atom. The maximum atomic E-state index is 12.6. The van der Waals surface area contributed by atoms with Gasteiger partial charge in [0.2, 0.25) is 5.91 Å². The maximum absolute atomic E-state index is 12.6. The molecule has 174 valence electrons. The lowest BCUT2D eigenvalue weighted by Crippen LogP contribution is -2.22. The predicted octanol–water partition coefficient (Wildman–Crippen LogP) is 5.11. The fraction of sp³-hybridized carbons (Fsp3) is 0.0833. The molecule has 1 unspecified atom stereocenters. The molecule has 0 aliphatic heterocycles. The minimum Gasteiger partial charge on any atom is -0.478 e. The number of hydrogen-bond acceptors (Lipinski definition) is 5. The number of nitrogens with one attached hydrogen (secondary N) is 2. The molecule has 0 aliphatic carbocycles. The van der Waals surface area contributed by atoms with Crippen LogP contribution in [-0.4, -0.2) is 39.2 Å². The lowest BCUT2D eigenvalue weighted by molar-refractivity contribution is -0.115. The van der Waals surface area contributed by atoms with Crippen LogP contribution in [0, 0.1) is 0 Å². The first kappa shape index (κ1) is 24.8. The highest BCUT2D eigenvalue weighted by Gasteiger charge is 2.19. The lowest BCUT2D eigenvalue weighted by atomic mass is 10.0. The van der Waals surface area contributed by atoms with Gasteiger partial charge in [0, 0.05) is 21.3 Å². The Morgan fingerprint density at radius 2 is 1.38 bits per heavy atom. The van der Waals surface area contributed by atoms with Gasteiger partial charge < -0.3 is 20.8 Å². The molecule has 0 radical (unpaired) electrons. The van der Waals surface area contributed by atoms with E-state index in [9.17, 15) is 24.3 Å². The van der Waals surface area contributed by atoms with E-state index in [0.717, 1.165) is 17.0 Å². The first-order valence-electron chi connectivity index (χ1n) is 9.89. The topological polar surface area (TPSA) is 133 Å². The smallest absolute Gasteiger partial charge is 0.336 e. The van der Waals surface area contributed by atoms with E-state index in [1.54, 1.807) is 55.5 Å². The number of carboxylic acid groups (broad SMARTS) is 2. The summed E-state index contributed by atoms with van der Waals surface area (Å²) in [5.41, 5.74) is 0.237. The van der Waals surface area contributed by atoms with Crippen LogP contribution in [0.1, 0.15) is 38.0 Å². The van der Waals surface area contributed by atoms with E-state index in [1.807, 2.05) is 0 Å². The number of carbonyl (C=O) groups excluding carboxylic acids is 2. The van der Waals surface area contributed by atoms with Crippen molar-refractivity contribution >= 4 is 58.5 Å². The molecule has 0 saturated carbocycles. The van der Waals surface area contributed by atoms with Crippen LogP contribution < -0.4 is 10.6 Å². The lowest BCUT2D eigenvalue weighted by Gasteiger charge is -2.13. The largest absolute Gasteiger partial charge is 0.478 e. The number of aromatic carboxylic acids is 2. The van der Waals surface area contributed by atoms with Crippen molar-refractivity contribution in [1.82, 2.24) is 0 Å². The summed E-state index contributed by atoms with van der Waals surface area (Å²) in [6, 6.07) is 16.7. The van der Waals surface area contributed by atoms with E-state index in [4.69, 9.17) is 16.7 Å². The van der Waals surface area contributed by atoms with Gasteiger partial charge in [-0.2, -0.15) is 0 Å². The highest BCUT2D eigenvalue weighted by molar-refractivity contribution is 8.00. The van der Waals surface area contributed by atoms with Crippen molar-refractivity contribution < 1.29 is 29.4 Å². The molecular weight excluding hydrogens is 480 g/mol. The summed E-state index contributed by atoms with van der Waals surface area (Å²) in [7, 11) is 0. The summed E-state index contributed by atoms with van der Waals surface area (Å²) >= 11 is 7.17. The van der Waals surface area contributed by atoms with Crippen molar-refractivity contribution in [3.63, 3.8) is 0 Å². The molecule has 3 aromatic rings. The molecule has 10 heteroatoms. The van der Waals surface area contributed by atoms with Crippen LogP contribution in [0.4, 0.5) is 11.4 Å². The predicted molar refractivity (Wildman–Crippen MR) is 130 cm³/mol. The van der Waals surface area contributed by atoms with Crippen LogP contribution in [0.2, 0.25) is 5.02 Å². The van der Waals surface area contributed by atoms with Gasteiger partial charge in [0.25, 0.3) is 5.91 Å². The zero-order valence-corrected chi connectivity index (χ0v) is 19.3. The van der Waals surface area contributed by atoms with Crippen LogP contribution in [-0.2, 0) is 4.79 Å². The Balaban J connectivity index is 1.64. The van der Waals surface area contributed by atoms with Crippen molar-refractivity contribution in [2.75, 3.05) is 10.6 Å². The van der Waals surface area contributed by atoms with Gasteiger partial charge in [-0.3, -0.25) is 9.59 Å². The molecule has 0 bridgehead atoms. The van der Waals surface area contributed by atoms with E-state index in [0.29, 0.717) is 16.4 Å². The Kier molecular flexibility index (Phi) is 7.93. The van der Waals surface area contributed by atoms with Crippen molar-refractivity contribution in [1.29, 1.82) is 0 Å². The fourth-order valence-electron chi connectivity index (χ4n) is 2.90. The van der Waals surface area contributed by atoms with Crippen LogP contribution in [0.25, 0.3) is 0 Å². The highest BCUT2D eigenvalue weighted by Crippen LogP contribution is 2.26. The maximum Gasteiger partial charge on any atom is 0.336 e. The van der Waals surface area contributed by atoms with E-state index in [-0.39, 0.29) is 17.0 Å². The van der Waals surface area contributed by atoms with Crippen LogP contribution in [0.5, 0.6) is 0 Å². The van der Waals surface area contributed by atoms with E-state index < -0.39 is 28.7 Å². The van der Waals surface area contributed by atoms with Gasteiger partial charge in [-0.1, -0.05) is 11.6 Å². The quantitative estimate of drug-likeness (QED) is 0.317. The zero-order valence-electron chi connectivity index (χ0n) is 17.7. The highest BCUT2D eigenvalue weighted by atomic mass is 35.5. The SMILES string of the molecule is CC(Sc1ccc(NC(=O)c2ccc(C(=O)O)cc2C(=O)O)cc1)C(=O)Nc1ccc(Cl)cc1. The molecule has 0 spiro atoms. The molecule has 0 aliphatic rings. The molecule has 0 heterocycles. The second-order valence-corrected chi connectivity index (χ2v) is 8.96. The Bertz CT molecular complexity index is 1250. The monoisotopic (exact) mass is 498 g/mol. The zero-order chi connectivity index (χ0) is 24.8. The molecule has 4 N–H and O–H groups in total. The summed E-state index contributed by atoms with van der Waals surface area (Å²) in [5.74, 6) is -3.58. The Hall–Kier alpha value is -3.82. The van der Waals surface area contributed by atoms with Gasteiger partial charge in [0.15, 0.2) is 0 Å². The van der Waals surface area contributed by atoms with E-state index in [1.165, 1.54) is 17.8 Å². The van der Waals surface area contributed by atoms with Gasteiger partial charge in [0.05, 0.1) is 21.9 Å². The second kappa shape index (κ2) is 10.9. The van der Waals surface area contributed by atoms with Crippen LogP contribution in [0.15, 0.2) is 71.6 Å². The molecule has 1 atom stereocenters. The van der Waals surface area contributed by atoms with Crippen molar-refractivity contribution in [3.05, 3.63) is 88.4 Å². The molecule has 0 fully saturated rings. The van der Waals surface area contributed by atoms with Gasteiger partial charge in [-0.25, -0.2) is 9.59 Å². The molecular formula is C24H19ClN2O6S. The van der Waals surface area contributed by atoms with Crippen LogP contribution in [0.3, 0.4) is 0 Å². The van der Waals surface area contributed by atoms with Gasteiger partial charge in [-0.05, 0) is 73.7 Å². The summed E-state index contributed by atoms with van der Waals surface area (Å²) < 4.78 is 0. The fourth-order valence-corrected chi connectivity index (χ4v) is 3.90. The minimum absolute atomic E-state index is 0.163. The van der Waals surface area contributed by atoms with Crippen molar-refractivity contribution in [2.45, 2.75) is 17.1 Å². The molecule has 0 saturated heterocycles. The number of carboxylic acids is 2. The number of carbonyl (C=O) groups is 4. The van der Waals surface area contributed by atoms with Crippen molar-refractivity contribution in [3.8, 4) is 0 Å². The number of anilines is 2. The summed E-state index contributed by atoms with van der Waals surface area (Å²) in [5, 5.41) is 24.0. The number of benzene rings is 3. The number of hydrogen-bond donors (Lipinski definition) is 4. The van der Waals surface area contributed by atoms with Gasteiger partial charge in [0.1, 0.15) is 0 Å². The first-order valence-corrected chi connectivity index (χ1v) is 11.1. The third-order valence-electron chi connectivity index (χ3n) is 4.65. The van der Waals surface area contributed by atoms with E-state index >= 15 is 0 Å².